The number of carbonyl (C=O) groups is 5. The second-order valence-electron chi connectivity index (χ2n) is 21.6. The Kier molecular flexibility index (Phi) is 15.6. The molecule has 3 saturated heterocycles. The highest BCUT2D eigenvalue weighted by atomic mass is 19.4. The molecule has 2 aromatic heterocycles. The topological polar surface area (TPSA) is 188 Å². The number of nitrogens with one attached hydrogen (secondary N) is 2. The van der Waals surface area contributed by atoms with E-state index in [1.165, 1.54) is 23.5 Å². The van der Waals surface area contributed by atoms with Crippen LogP contribution >= 0.6 is 0 Å². The lowest BCUT2D eigenvalue weighted by Gasteiger charge is -2.47. The summed E-state index contributed by atoms with van der Waals surface area (Å²) in [4.78, 5) is 79.4. The molecule has 4 aliphatic rings. The van der Waals surface area contributed by atoms with Crippen LogP contribution in [0.1, 0.15) is 90.2 Å². The normalized spacial score (nSPS) is 22.3. The Morgan fingerprint density at radius 3 is 2.41 bits per heavy atom. The fraction of sp³-hybridized carbons (Fsp3) is 0.556. The van der Waals surface area contributed by atoms with Crippen LogP contribution in [0.25, 0.3) is 33.3 Å². The summed E-state index contributed by atoms with van der Waals surface area (Å²) in [5.74, 6) is -2.76. The number of pyridine rings is 1. The number of ether oxygens (including phenoxy) is 3. The highest BCUT2D eigenvalue weighted by Crippen LogP contribution is 2.43. The molecule has 400 valence electrons. The molecule has 0 aliphatic carbocycles. The molecule has 0 radical (unpaired) electrons. The summed E-state index contributed by atoms with van der Waals surface area (Å²) in [5.41, 5.74) is 2.88. The largest absolute Gasteiger partial charge is 0.462 e. The molecule has 74 heavy (non-hydrogen) atoms. The van der Waals surface area contributed by atoms with Crippen molar-refractivity contribution in [3.05, 3.63) is 77.6 Å². The summed E-state index contributed by atoms with van der Waals surface area (Å²) < 4.78 is 63.2. The number of benzene rings is 2. The highest BCUT2D eigenvalue weighted by Gasteiger charge is 2.47. The number of carbonyl (C=O) groups excluding carboxylic acids is 5. The van der Waals surface area contributed by atoms with E-state index in [2.05, 4.69) is 15.7 Å². The summed E-state index contributed by atoms with van der Waals surface area (Å²) in [7, 11) is 3.06. The smallest absolute Gasteiger partial charge is 0.406 e. The van der Waals surface area contributed by atoms with Crippen molar-refractivity contribution < 1.29 is 56.5 Å². The number of amides is 5. The first-order valence-electron chi connectivity index (χ1n) is 25.4. The number of nitrogens with zero attached hydrogens (tertiary/aromatic N) is 6. The summed E-state index contributed by atoms with van der Waals surface area (Å²) in [5, 5.41) is 16.5. The van der Waals surface area contributed by atoms with Crippen molar-refractivity contribution in [2.75, 3.05) is 60.1 Å². The third-order valence-corrected chi connectivity index (χ3v) is 15.0. The van der Waals surface area contributed by atoms with Crippen LogP contribution in [0.15, 0.2) is 60.8 Å². The van der Waals surface area contributed by atoms with Gasteiger partial charge in [0.15, 0.2) is 0 Å². The first-order chi connectivity index (χ1) is 34.9. The number of aliphatic hydroxyl groups is 1. The second-order valence-corrected chi connectivity index (χ2v) is 21.6. The van der Waals surface area contributed by atoms with Crippen molar-refractivity contribution in [2.24, 2.45) is 11.3 Å². The van der Waals surface area contributed by atoms with Gasteiger partial charge in [0.1, 0.15) is 18.6 Å². The number of hydrogen-bond acceptors (Lipinski definition) is 11. The predicted octanol–water partition coefficient (Wildman–Crippen LogP) is 6.40. The van der Waals surface area contributed by atoms with Crippen molar-refractivity contribution in [1.82, 2.24) is 40.0 Å². The van der Waals surface area contributed by atoms with Crippen LogP contribution in [0.4, 0.5) is 18.0 Å². The number of hydrogen-bond donors (Lipinski definition) is 3. The van der Waals surface area contributed by atoms with Gasteiger partial charge in [0, 0.05) is 94.7 Å². The summed E-state index contributed by atoms with van der Waals surface area (Å²) in [6.07, 6.45) is -2.51. The van der Waals surface area contributed by atoms with Gasteiger partial charge in [-0.15, -0.1) is 0 Å². The number of esters is 1. The predicted molar refractivity (Wildman–Crippen MR) is 269 cm³/mol. The maximum atomic E-state index is 14.8. The molecule has 0 unspecified atom stereocenters. The van der Waals surface area contributed by atoms with Crippen LogP contribution in [-0.4, -0.2) is 154 Å². The molecule has 3 fully saturated rings. The Morgan fingerprint density at radius 2 is 1.72 bits per heavy atom. The number of likely N-dealkylation sites (tertiary alicyclic amines) is 1. The molecule has 6 heterocycles. The number of fused-ring (bicyclic) bond motifs is 6. The van der Waals surface area contributed by atoms with Crippen LogP contribution in [0.5, 0.6) is 0 Å². The number of alkyl halides is 3. The van der Waals surface area contributed by atoms with Crippen molar-refractivity contribution in [3.8, 4) is 22.4 Å². The summed E-state index contributed by atoms with van der Waals surface area (Å²) >= 11 is 0. The van der Waals surface area contributed by atoms with Crippen LogP contribution in [0, 0.1) is 11.3 Å². The Labute approximate surface area is 429 Å². The molecule has 3 N–H and O–H groups in total. The van der Waals surface area contributed by atoms with Gasteiger partial charge < -0.3 is 43.9 Å². The molecule has 1 spiro atoms. The Hall–Kier alpha value is -6.09. The highest BCUT2D eigenvalue weighted by molar-refractivity contribution is 5.96. The van der Waals surface area contributed by atoms with Crippen LogP contribution in [-0.2, 0) is 52.8 Å². The van der Waals surface area contributed by atoms with E-state index in [9.17, 15) is 42.3 Å². The van der Waals surface area contributed by atoms with Crippen LogP contribution in [0.2, 0.25) is 0 Å². The van der Waals surface area contributed by atoms with E-state index in [-0.39, 0.29) is 56.5 Å². The lowest BCUT2D eigenvalue weighted by molar-refractivity contribution is -0.189. The Morgan fingerprint density at radius 1 is 0.986 bits per heavy atom. The number of urea groups is 1. The van der Waals surface area contributed by atoms with E-state index < -0.39 is 71.4 Å². The van der Waals surface area contributed by atoms with Gasteiger partial charge in [-0.2, -0.15) is 18.6 Å². The number of piperidine rings is 1. The van der Waals surface area contributed by atoms with Gasteiger partial charge in [-0.1, -0.05) is 58.0 Å². The Bertz CT molecular complexity index is 2770. The summed E-state index contributed by atoms with van der Waals surface area (Å²) in [6, 6.07) is 13.3. The molecule has 5 amide bonds. The maximum absolute atomic E-state index is 14.8. The fourth-order valence-electron chi connectivity index (χ4n) is 11.1. The lowest BCUT2D eigenvalue weighted by Crippen LogP contribution is -2.67. The van der Waals surface area contributed by atoms with Crippen molar-refractivity contribution >= 4 is 40.6 Å². The van der Waals surface area contributed by atoms with Gasteiger partial charge in [-0.25, -0.2) is 9.59 Å². The van der Waals surface area contributed by atoms with Gasteiger partial charge in [0.25, 0.3) is 5.91 Å². The first-order valence-corrected chi connectivity index (χ1v) is 25.4. The SMILES string of the molecule is CO[C@@H](C)c1ncccc1-c1c2c3cc(ccc3n1CC(F)(F)F)-c1cccc(c1)C[C@H](NC(=O)[C@H](C(C)C)N(C)C(=O)N1CCC3(CC1)CN(C(C)=O)CCO3)C(=O)N1CCC[C@@](O)(N1)C(=O)OCC(C)(C)C2. The molecule has 17 nitrogen and oxygen atoms in total. The third-order valence-electron chi connectivity index (χ3n) is 15.0. The van der Waals surface area contributed by atoms with Crippen molar-refractivity contribution in [2.45, 2.75) is 122 Å². The van der Waals surface area contributed by atoms with E-state index in [0.29, 0.717) is 90.0 Å². The van der Waals surface area contributed by atoms with E-state index >= 15 is 0 Å². The average molecular weight is 1030 g/mol. The number of rotatable bonds is 8. The minimum absolute atomic E-state index is 0.0318. The van der Waals surface area contributed by atoms with E-state index in [1.807, 2.05) is 32.0 Å². The number of morpholine rings is 1. The van der Waals surface area contributed by atoms with Crippen molar-refractivity contribution in [1.29, 1.82) is 0 Å². The first kappa shape index (κ1) is 54.2. The molecular formula is C54H69F3N8O9. The molecular weight excluding hydrogens is 962 g/mol. The van der Waals surface area contributed by atoms with E-state index in [4.69, 9.17) is 14.2 Å². The number of likely N-dealkylation sites (N-methyl/N-ethyl adjacent to an activating group) is 1. The molecule has 4 aromatic rings. The second kappa shape index (κ2) is 21.3. The fourth-order valence-corrected chi connectivity index (χ4v) is 11.1. The molecule has 6 bridgehead atoms. The monoisotopic (exact) mass is 1030 g/mol. The number of methoxy groups -OCH3 is 1. The number of aromatic nitrogens is 2. The van der Waals surface area contributed by atoms with Gasteiger partial charge in [-0.3, -0.25) is 24.4 Å². The average Bonchev–Trinajstić information content (AvgIpc) is 3.63. The zero-order valence-electron chi connectivity index (χ0n) is 43.5. The zero-order valence-corrected chi connectivity index (χ0v) is 43.5. The number of hydrazine groups is 1. The summed E-state index contributed by atoms with van der Waals surface area (Å²) in [6.45, 7) is 11.1. The van der Waals surface area contributed by atoms with Gasteiger partial charge in [0.2, 0.25) is 17.5 Å². The lowest BCUT2D eigenvalue weighted by atomic mass is 9.84. The van der Waals surface area contributed by atoms with Crippen LogP contribution < -0.4 is 10.7 Å². The minimum atomic E-state index is -4.62. The molecule has 2 aromatic carbocycles. The van der Waals surface area contributed by atoms with E-state index in [1.54, 1.807) is 80.2 Å². The standard InChI is InChI=1S/C54H69F3N8O9/c1-33(2)45(61(7)50(70)62-22-18-52(19-23-62)30-63(35(4)66)24-25-74-52)47(67)59-42-27-36-12-9-13-37(26-36)38-15-16-43-40(28-38)41(29-51(5,6)32-73-49(69)53(71)17-11-21-65(60-53)48(42)68)46(64(43)31-54(55,56)57)39-14-10-20-58-44(39)34(3)72-8/h9-10,12-16,20,26,28,33-34,42,45,60,71H,11,17-19,21-25,27,29-32H2,1-8H3,(H,59,67)/t34-,42-,45-,53-/m0/s1. The maximum Gasteiger partial charge on any atom is 0.406 e. The quantitative estimate of drug-likeness (QED) is 0.166. The molecule has 4 aliphatic heterocycles. The van der Waals surface area contributed by atoms with Gasteiger partial charge >= 0.3 is 18.2 Å². The van der Waals surface area contributed by atoms with E-state index in [0.717, 1.165) is 5.01 Å². The molecule has 0 saturated carbocycles. The zero-order chi connectivity index (χ0) is 53.5. The Balaban J connectivity index is 1.17. The number of cyclic esters (lactones) is 1. The third kappa shape index (κ3) is 11.4. The van der Waals surface area contributed by atoms with Gasteiger partial charge in [0.05, 0.1) is 36.3 Å². The van der Waals surface area contributed by atoms with Crippen LogP contribution in [0.3, 0.4) is 0 Å². The number of halogens is 3. The van der Waals surface area contributed by atoms with Gasteiger partial charge in [-0.05, 0) is 85.0 Å². The molecule has 20 heteroatoms. The molecule has 4 atom stereocenters. The molecule has 8 rings (SSSR count). The minimum Gasteiger partial charge on any atom is -0.462 e. The van der Waals surface area contributed by atoms with Crippen molar-refractivity contribution in [3.63, 3.8) is 0 Å².